The number of aromatic nitrogens is 2. The van der Waals surface area contributed by atoms with E-state index >= 15 is 0 Å². The lowest BCUT2D eigenvalue weighted by molar-refractivity contribution is -0.385. The minimum atomic E-state index is -0.577. The van der Waals surface area contributed by atoms with Gasteiger partial charge in [-0.3, -0.25) is 24.0 Å². The molecule has 1 saturated heterocycles. The lowest BCUT2D eigenvalue weighted by Crippen LogP contribution is -2.46. The van der Waals surface area contributed by atoms with Crippen molar-refractivity contribution in [3.8, 4) is 0 Å². The van der Waals surface area contributed by atoms with Crippen molar-refractivity contribution in [2.45, 2.75) is 0 Å². The number of nitrogens with one attached hydrogen (secondary N) is 1. The van der Waals surface area contributed by atoms with Crippen LogP contribution in [0.5, 0.6) is 0 Å². The smallest absolute Gasteiger partial charge is 0.328 e. The highest BCUT2D eigenvalue weighted by molar-refractivity contribution is 6.09. The van der Waals surface area contributed by atoms with Gasteiger partial charge in [0.1, 0.15) is 5.56 Å². The molecule has 1 aliphatic rings. The van der Waals surface area contributed by atoms with Crippen LogP contribution in [0.25, 0.3) is 11.0 Å². The molecule has 0 spiro atoms. The number of piperazine rings is 1. The molecule has 0 atom stereocenters. The third-order valence-corrected chi connectivity index (χ3v) is 6.72. The van der Waals surface area contributed by atoms with E-state index < -0.39 is 10.8 Å². The normalized spacial score (nSPS) is 13.7. The number of hydrogen-bond donors (Lipinski definition) is 1. The van der Waals surface area contributed by atoms with Crippen molar-refractivity contribution in [3.63, 3.8) is 0 Å². The average molecular weight is 487 g/mol. The Bertz CT molecular complexity index is 1520. The van der Waals surface area contributed by atoms with Crippen LogP contribution in [0.3, 0.4) is 0 Å². The highest BCUT2D eigenvalue weighted by Gasteiger charge is 2.25. The van der Waals surface area contributed by atoms with Crippen LogP contribution in [-0.4, -0.2) is 46.1 Å². The third kappa shape index (κ3) is 4.06. The minimum absolute atomic E-state index is 0.0237. The quantitative estimate of drug-likeness (QED) is 0.343. The van der Waals surface area contributed by atoms with Crippen molar-refractivity contribution in [2.75, 3.05) is 41.3 Å². The summed E-state index contributed by atoms with van der Waals surface area (Å²) in [5, 5.41) is 14.4. The van der Waals surface area contributed by atoms with Crippen LogP contribution in [0, 0.1) is 10.1 Å². The number of nitrogens with zero attached hydrogens (tertiary/aromatic N) is 5. The molecule has 1 fully saturated rings. The molecule has 10 nitrogen and oxygen atoms in total. The molecule has 36 heavy (non-hydrogen) atoms. The number of anilines is 3. The summed E-state index contributed by atoms with van der Waals surface area (Å²) >= 11 is 0. The molecule has 2 heterocycles. The molecule has 1 aromatic heterocycles. The zero-order valence-electron chi connectivity index (χ0n) is 20.0. The standard InChI is InChI=1S/C26H26N6O4/c1-28-23-16-20(27-25(33)19-10-6-7-11-21(19)32(35)36)22(17-24(23)29(2)26(28)34)31-14-12-30(13-15-31)18-8-4-3-5-9-18/h3-11,16-17H,12-15H2,1-2H3,(H,27,33). The van der Waals surface area contributed by atoms with Crippen molar-refractivity contribution in [1.82, 2.24) is 9.13 Å². The maximum atomic E-state index is 13.2. The fraction of sp³-hybridized carbons (Fsp3) is 0.231. The van der Waals surface area contributed by atoms with Gasteiger partial charge in [-0.2, -0.15) is 0 Å². The molecule has 5 rings (SSSR count). The number of nitro groups is 1. The van der Waals surface area contributed by atoms with Crippen molar-refractivity contribution in [3.05, 3.63) is 92.9 Å². The minimum Gasteiger partial charge on any atom is -0.368 e. The number of hydrogen-bond acceptors (Lipinski definition) is 6. The van der Waals surface area contributed by atoms with Crippen LogP contribution in [0.2, 0.25) is 0 Å². The number of fused-ring (bicyclic) bond motifs is 1. The molecular formula is C26H26N6O4. The van der Waals surface area contributed by atoms with Crippen LogP contribution in [0.15, 0.2) is 71.5 Å². The summed E-state index contributed by atoms with van der Waals surface area (Å²) in [7, 11) is 3.39. The van der Waals surface area contributed by atoms with Crippen LogP contribution < -0.4 is 20.8 Å². The Kier molecular flexibility index (Phi) is 5.93. The van der Waals surface area contributed by atoms with E-state index in [4.69, 9.17) is 0 Å². The number of para-hydroxylation sites is 2. The van der Waals surface area contributed by atoms with E-state index in [9.17, 15) is 19.7 Å². The summed E-state index contributed by atoms with van der Waals surface area (Å²) in [6, 6.07) is 19.7. The molecular weight excluding hydrogens is 460 g/mol. The first kappa shape index (κ1) is 23.2. The van der Waals surface area contributed by atoms with Gasteiger partial charge in [0.05, 0.1) is 27.3 Å². The van der Waals surface area contributed by atoms with Gasteiger partial charge in [0, 0.05) is 52.0 Å². The van der Waals surface area contributed by atoms with Gasteiger partial charge in [0.15, 0.2) is 0 Å². The molecule has 0 aliphatic carbocycles. The van der Waals surface area contributed by atoms with Crippen LogP contribution in [0.1, 0.15) is 10.4 Å². The maximum Gasteiger partial charge on any atom is 0.328 e. The molecule has 0 saturated carbocycles. The molecule has 1 aliphatic heterocycles. The van der Waals surface area contributed by atoms with E-state index in [0.29, 0.717) is 24.3 Å². The number of imidazole rings is 1. The summed E-state index contributed by atoms with van der Waals surface area (Å²) in [5.41, 5.74) is 3.36. The second-order valence-electron chi connectivity index (χ2n) is 8.80. The number of amides is 1. The monoisotopic (exact) mass is 486 g/mol. The van der Waals surface area contributed by atoms with Gasteiger partial charge in [-0.1, -0.05) is 30.3 Å². The number of nitro benzene ring substituents is 1. The molecule has 1 N–H and O–H groups in total. The van der Waals surface area contributed by atoms with Crippen molar-refractivity contribution < 1.29 is 9.72 Å². The summed E-state index contributed by atoms with van der Waals surface area (Å²) in [6.07, 6.45) is 0. The Morgan fingerprint density at radius 3 is 2.11 bits per heavy atom. The van der Waals surface area contributed by atoms with Crippen molar-refractivity contribution >= 4 is 39.7 Å². The van der Waals surface area contributed by atoms with E-state index in [-0.39, 0.29) is 16.9 Å². The Labute approximate surface area is 207 Å². The highest BCUT2D eigenvalue weighted by Crippen LogP contribution is 2.33. The molecule has 0 bridgehead atoms. The molecule has 184 valence electrons. The predicted octanol–water partition coefficient (Wildman–Crippen LogP) is 3.36. The van der Waals surface area contributed by atoms with E-state index in [2.05, 4.69) is 27.2 Å². The van der Waals surface area contributed by atoms with E-state index in [0.717, 1.165) is 30.0 Å². The molecule has 10 heteroatoms. The number of carbonyl (C=O) groups excluding carboxylic acids is 1. The Hall–Kier alpha value is -4.60. The average Bonchev–Trinajstić information content (AvgIpc) is 3.12. The second-order valence-corrected chi connectivity index (χ2v) is 8.80. The largest absolute Gasteiger partial charge is 0.368 e. The predicted molar refractivity (Wildman–Crippen MR) is 140 cm³/mol. The Balaban J connectivity index is 1.52. The Morgan fingerprint density at radius 2 is 1.44 bits per heavy atom. The number of carbonyl (C=O) groups is 1. The number of benzene rings is 3. The third-order valence-electron chi connectivity index (χ3n) is 6.72. The van der Waals surface area contributed by atoms with Gasteiger partial charge >= 0.3 is 5.69 Å². The van der Waals surface area contributed by atoms with E-state index in [1.807, 2.05) is 24.3 Å². The van der Waals surface area contributed by atoms with E-state index in [1.165, 1.54) is 22.8 Å². The van der Waals surface area contributed by atoms with Gasteiger partial charge in [-0.15, -0.1) is 0 Å². The Morgan fingerprint density at radius 1 is 0.861 bits per heavy atom. The number of rotatable bonds is 5. The highest BCUT2D eigenvalue weighted by atomic mass is 16.6. The van der Waals surface area contributed by atoms with Crippen LogP contribution >= 0.6 is 0 Å². The zero-order valence-corrected chi connectivity index (χ0v) is 20.0. The molecule has 4 aromatic rings. The molecule has 3 aromatic carbocycles. The zero-order chi connectivity index (χ0) is 25.4. The summed E-state index contributed by atoms with van der Waals surface area (Å²) < 4.78 is 3.10. The van der Waals surface area contributed by atoms with Crippen molar-refractivity contribution in [1.29, 1.82) is 0 Å². The van der Waals surface area contributed by atoms with Gasteiger partial charge in [0.2, 0.25) is 0 Å². The lowest BCUT2D eigenvalue weighted by Gasteiger charge is -2.38. The first-order chi connectivity index (χ1) is 17.3. The topological polar surface area (TPSA) is 106 Å². The maximum absolute atomic E-state index is 13.2. The second kappa shape index (κ2) is 9.21. The molecule has 1 amide bonds. The van der Waals surface area contributed by atoms with Crippen LogP contribution in [-0.2, 0) is 14.1 Å². The molecule has 0 unspecified atom stereocenters. The molecule has 0 radical (unpaired) electrons. The first-order valence-electron chi connectivity index (χ1n) is 11.6. The number of aryl methyl sites for hydroxylation is 2. The van der Waals surface area contributed by atoms with Gasteiger partial charge in [-0.25, -0.2) is 4.79 Å². The fourth-order valence-electron chi connectivity index (χ4n) is 4.75. The summed E-state index contributed by atoms with van der Waals surface area (Å²) in [4.78, 5) is 41.2. The van der Waals surface area contributed by atoms with Gasteiger partial charge < -0.3 is 15.1 Å². The van der Waals surface area contributed by atoms with E-state index in [1.54, 1.807) is 30.8 Å². The first-order valence-corrected chi connectivity index (χ1v) is 11.6. The van der Waals surface area contributed by atoms with Crippen LogP contribution in [0.4, 0.5) is 22.7 Å². The summed E-state index contributed by atoms with van der Waals surface area (Å²) in [5.74, 6) is -0.577. The SMILES string of the molecule is Cn1c(=O)n(C)c2cc(N3CCN(c4ccccc4)CC3)c(NC(=O)c3ccccc3[N+](=O)[O-])cc21. The lowest BCUT2D eigenvalue weighted by atomic mass is 10.1. The van der Waals surface area contributed by atoms with Crippen molar-refractivity contribution in [2.24, 2.45) is 14.1 Å². The summed E-state index contributed by atoms with van der Waals surface area (Å²) in [6.45, 7) is 2.98. The fourth-order valence-corrected chi connectivity index (χ4v) is 4.75. The van der Waals surface area contributed by atoms with Gasteiger partial charge in [0.25, 0.3) is 11.6 Å². The van der Waals surface area contributed by atoms with Gasteiger partial charge in [-0.05, 0) is 30.3 Å².